The third kappa shape index (κ3) is 3.29. The summed E-state index contributed by atoms with van der Waals surface area (Å²) in [6, 6.07) is 16.8. The highest BCUT2D eigenvalue weighted by Gasteiger charge is 2.53. The molecule has 142 valence electrons. The van der Waals surface area contributed by atoms with Crippen LogP contribution in [0.3, 0.4) is 0 Å². The molecular formula is C23H25N5. The van der Waals surface area contributed by atoms with Gasteiger partial charge in [0.1, 0.15) is 6.07 Å². The van der Waals surface area contributed by atoms with Gasteiger partial charge in [-0.3, -0.25) is 4.90 Å². The number of hydrogen-bond acceptors (Lipinski definition) is 5. The molecule has 1 aliphatic carbocycles. The van der Waals surface area contributed by atoms with Crippen LogP contribution >= 0.6 is 0 Å². The SMILES string of the molecule is CC(C)C[C@H]1[C@H]2CN(Cc3ccccc3)CC=C2C(C#N)=C(N)C1(C#N)C#N. The Morgan fingerprint density at radius 3 is 2.43 bits per heavy atom. The predicted octanol–water partition coefficient (Wildman–Crippen LogP) is 3.49. The van der Waals surface area contributed by atoms with Crippen molar-refractivity contribution < 1.29 is 0 Å². The molecule has 0 amide bonds. The fourth-order valence-corrected chi connectivity index (χ4v) is 4.57. The number of fused-ring (bicyclic) bond motifs is 1. The Morgan fingerprint density at radius 1 is 1.18 bits per heavy atom. The van der Waals surface area contributed by atoms with Crippen molar-refractivity contribution in [3.8, 4) is 18.2 Å². The van der Waals surface area contributed by atoms with Crippen LogP contribution in [0.15, 0.2) is 53.3 Å². The Hall–Kier alpha value is -3.07. The number of rotatable bonds is 4. The third-order valence-corrected chi connectivity index (χ3v) is 5.89. The van der Waals surface area contributed by atoms with Gasteiger partial charge in [-0.25, -0.2) is 0 Å². The van der Waals surface area contributed by atoms with Crippen molar-refractivity contribution in [3.63, 3.8) is 0 Å². The van der Waals surface area contributed by atoms with E-state index in [1.54, 1.807) is 0 Å². The van der Waals surface area contributed by atoms with Gasteiger partial charge in [-0.1, -0.05) is 50.3 Å². The fourth-order valence-electron chi connectivity index (χ4n) is 4.57. The minimum atomic E-state index is -1.45. The lowest BCUT2D eigenvalue weighted by Crippen LogP contribution is -2.49. The first-order valence-corrected chi connectivity index (χ1v) is 9.66. The number of benzene rings is 1. The summed E-state index contributed by atoms with van der Waals surface area (Å²) < 4.78 is 0. The highest BCUT2D eigenvalue weighted by Crippen LogP contribution is 2.51. The van der Waals surface area contributed by atoms with E-state index in [0.29, 0.717) is 24.5 Å². The van der Waals surface area contributed by atoms with E-state index >= 15 is 0 Å². The molecule has 2 N–H and O–H groups in total. The average Bonchev–Trinajstić information content (AvgIpc) is 2.70. The molecule has 0 bridgehead atoms. The maximum atomic E-state index is 9.97. The Labute approximate surface area is 167 Å². The minimum absolute atomic E-state index is 0.0545. The summed E-state index contributed by atoms with van der Waals surface area (Å²) in [5, 5.41) is 29.7. The number of nitrogens with two attached hydrogens (primary N) is 1. The summed E-state index contributed by atoms with van der Waals surface area (Å²) in [6.45, 7) is 6.41. The number of allylic oxidation sites excluding steroid dienone is 2. The van der Waals surface area contributed by atoms with E-state index in [0.717, 1.165) is 18.7 Å². The van der Waals surface area contributed by atoms with Gasteiger partial charge in [-0.15, -0.1) is 0 Å². The molecule has 1 heterocycles. The molecule has 1 aromatic carbocycles. The van der Waals surface area contributed by atoms with Gasteiger partial charge >= 0.3 is 0 Å². The zero-order chi connectivity index (χ0) is 20.3. The van der Waals surface area contributed by atoms with E-state index in [4.69, 9.17) is 5.73 Å². The van der Waals surface area contributed by atoms with Gasteiger partial charge in [-0.2, -0.15) is 15.8 Å². The molecule has 2 aliphatic rings. The smallest absolute Gasteiger partial charge is 0.187 e. The van der Waals surface area contributed by atoms with Crippen LogP contribution in [0.5, 0.6) is 0 Å². The second-order valence-electron chi connectivity index (χ2n) is 8.11. The summed E-state index contributed by atoms with van der Waals surface area (Å²) in [5.41, 5.74) is 7.42. The van der Waals surface area contributed by atoms with E-state index in [1.807, 2.05) is 18.2 Å². The monoisotopic (exact) mass is 371 g/mol. The first kappa shape index (κ1) is 19.7. The molecule has 3 rings (SSSR count). The predicted molar refractivity (Wildman–Crippen MR) is 107 cm³/mol. The molecule has 0 aromatic heterocycles. The van der Waals surface area contributed by atoms with Crippen molar-refractivity contribution in [2.24, 2.45) is 28.9 Å². The molecule has 0 unspecified atom stereocenters. The first-order valence-electron chi connectivity index (χ1n) is 9.66. The van der Waals surface area contributed by atoms with Crippen molar-refractivity contribution >= 4 is 0 Å². The van der Waals surface area contributed by atoms with Gasteiger partial charge in [0.25, 0.3) is 0 Å². The Morgan fingerprint density at radius 2 is 1.86 bits per heavy atom. The van der Waals surface area contributed by atoms with Crippen LogP contribution in [-0.2, 0) is 6.54 Å². The van der Waals surface area contributed by atoms with Crippen LogP contribution < -0.4 is 5.73 Å². The summed E-state index contributed by atoms with van der Waals surface area (Å²) in [7, 11) is 0. The molecule has 0 fully saturated rings. The fraction of sp³-hybridized carbons (Fsp3) is 0.435. The van der Waals surface area contributed by atoms with Crippen LogP contribution in [-0.4, -0.2) is 18.0 Å². The lowest BCUT2D eigenvalue weighted by molar-refractivity contribution is 0.145. The van der Waals surface area contributed by atoms with Gasteiger partial charge in [-0.05, 0) is 23.5 Å². The van der Waals surface area contributed by atoms with Crippen molar-refractivity contribution in [2.45, 2.75) is 26.8 Å². The first-order chi connectivity index (χ1) is 13.5. The quantitative estimate of drug-likeness (QED) is 0.873. The second-order valence-corrected chi connectivity index (χ2v) is 8.11. The Balaban J connectivity index is 2.04. The number of hydrogen-bond donors (Lipinski definition) is 1. The molecule has 1 aromatic rings. The maximum Gasteiger partial charge on any atom is 0.187 e. The lowest BCUT2D eigenvalue weighted by Gasteiger charge is -2.46. The number of nitriles is 3. The molecule has 2 atom stereocenters. The number of nitrogens with zero attached hydrogens (tertiary/aromatic N) is 4. The third-order valence-electron chi connectivity index (χ3n) is 5.89. The van der Waals surface area contributed by atoms with Crippen molar-refractivity contribution in [1.82, 2.24) is 4.90 Å². The van der Waals surface area contributed by atoms with Crippen molar-refractivity contribution in [1.29, 1.82) is 15.8 Å². The van der Waals surface area contributed by atoms with E-state index in [1.165, 1.54) is 5.56 Å². The van der Waals surface area contributed by atoms with Crippen molar-refractivity contribution in [2.75, 3.05) is 13.1 Å². The largest absolute Gasteiger partial charge is 0.399 e. The zero-order valence-electron chi connectivity index (χ0n) is 16.4. The molecule has 5 heteroatoms. The minimum Gasteiger partial charge on any atom is -0.399 e. The van der Waals surface area contributed by atoms with Crippen LogP contribution in [0.4, 0.5) is 0 Å². The molecule has 0 radical (unpaired) electrons. The summed E-state index contributed by atoms with van der Waals surface area (Å²) in [5.74, 6) is 0.0267. The van der Waals surface area contributed by atoms with Crippen LogP contribution in [0.2, 0.25) is 0 Å². The van der Waals surface area contributed by atoms with Crippen LogP contribution in [0, 0.1) is 57.2 Å². The standard InChI is InChI=1S/C23H25N5/c1-16(2)10-21-20-13-28(12-17-6-4-3-5-7-17)9-8-18(20)19(11-24)22(27)23(21,14-25)15-26/h3-8,16,20-21H,9-10,12-13,27H2,1-2H3/t20-,21-/m0/s1. The molecular weight excluding hydrogens is 346 g/mol. The van der Waals surface area contributed by atoms with E-state index in [9.17, 15) is 15.8 Å². The summed E-state index contributed by atoms with van der Waals surface area (Å²) >= 11 is 0. The molecule has 5 nitrogen and oxygen atoms in total. The summed E-state index contributed by atoms with van der Waals surface area (Å²) in [4.78, 5) is 2.31. The Bertz CT molecular complexity index is 906. The van der Waals surface area contributed by atoms with E-state index in [-0.39, 0.29) is 17.5 Å². The average molecular weight is 371 g/mol. The highest BCUT2D eigenvalue weighted by molar-refractivity contribution is 5.56. The van der Waals surface area contributed by atoms with Gasteiger partial charge in [0.05, 0.1) is 23.4 Å². The van der Waals surface area contributed by atoms with Gasteiger partial charge in [0.2, 0.25) is 0 Å². The Kier molecular flexibility index (Phi) is 5.55. The second kappa shape index (κ2) is 7.89. The van der Waals surface area contributed by atoms with E-state index in [2.05, 4.69) is 55.2 Å². The molecule has 0 saturated carbocycles. The molecule has 0 saturated heterocycles. The molecule has 28 heavy (non-hydrogen) atoms. The normalized spacial score (nSPS) is 23.9. The topological polar surface area (TPSA) is 101 Å². The summed E-state index contributed by atoms with van der Waals surface area (Å²) in [6.07, 6.45) is 2.77. The molecule has 0 spiro atoms. The van der Waals surface area contributed by atoms with Gasteiger partial charge in [0.15, 0.2) is 5.41 Å². The van der Waals surface area contributed by atoms with Crippen LogP contribution in [0.1, 0.15) is 25.8 Å². The maximum absolute atomic E-state index is 9.97. The zero-order valence-corrected chi connectivity index (χ0v) is 16.4. The highest BCUT2D eigenvalue weighted by atomic mass is 15.1. The lowest BCUT2D eigenvalue weighted by atomic mass is 9.58. The van der Waals surface area contributed by atoms with E-state index < -0.39 is 5.41 Å². The van der Waals surface area contributed by atoms with Gasteiger partial charge < -0.3 is 5.73 Å². The van der Waals surface area contributed by atoms with Gasteiger partial charge in [0, 0.05) is 31.5 Å². The van der Waals surface area contributed by atoms with Crippen LogP contribution in [0.25, 0.3) is 0 Å². The molecule has 1 aliphatic heterocycles. The van der Waals surface area contributed by atoms with Crippen molar-refractivity contribution in [3.05, 3.63) is 58.8 Å².